The molecule has 0 saturated carbocycles. The molecule has 4 rings (SSSR count). The summed E-state index contributed by atoms with van der Waals surface area (Å²) in [5, 5.41) is 5.88. The molecular formula is C25H20N2O3. The number of pyridine rings is 1. The highest BCUT2D eigenvalue weighted by Gasteiger charge is 2.17. The third-order valence-corrected chi connectivity index (χ3v) is 4.74. The lowest BCUT2D eigenvalue weighted by molar-refractivity contribution is -0.148. The first kappa shape index (κ1) is 19.3. The van der Waals surface area contributed by atoms with Crippen LogP contribution in [0.25, 0.3) is 27.8 Å². The van der Waals surface area contributed by atoms with Gasteiger partial charge >= 0.3 is 5.97 Å². The number of nitrogens with zero attached hydrogens (tertiary/aromatic N) is 1. The number of nitrogens with one attached hydrogen (secondary N) is 1. The summed E-state index contributed by atoms with van der Waals surface area (Å²) < 4.78 is 5.25. The lowest BCUT2D eigenvalue weighted by atomic mass is 10.1. The molecule has 4 aromatic rings. The lowest BCUT2D eigenvalue weighted by Gasteiger charge is -2.13. The number of amides is 1. The molecule has 0 aliphatic heterocycles. The van der Waals surface area contributed by atoms with Gasteiger partial charge in [-0.3, -0.25) is 9.78 Å². The fourth-order valence-electron chi connectivity index (χ4n) is 3.20. The standard InChI is InChI=1S/C25H20N2O3/c1-17(25(29)27-22-13-11-18-6-2-3-7-21(18)16-22)30-23(28)14-12-20-9-4-8-19-10-5-15-26-24(19)20/h2-17H,1H3,(H,27,29)/b14-12+. The number of rotatable bonds is 5. The molecule has 5 nitrogen and oxygen atoms in total. The Morgan fingerprint density at radius 2 is 1.70 bits per heavy atom. The number of benzene rings is 3. The number of fused-ring (bicyclic) bond motifs is 2. The van der Waals surface area contributed by atoms with Gasteiger partial charge in [0.05, 0.1) is 5.52 Å². The van der Waals surface area contributed by atoms with Crippen molar-refractivity contribution < 1.29 is 14.3 Å². The average Bonchev–Trinajstić information content (AvgIpc) is 2.77. The van der Waals surface area contributed by atoms with E-state index in [0.29, 0.717) is 5.69 Å². The molecule has 0 spiro atoms. The minimum Gasteiger partial charge on any atom is -0.449 e. The molecule has 5 heteroatoms. The van der Waals surface area contributed by atoms with E-state index >= 15 is 0 Å². The maximum absolute atomic E-state index is 12.4. The molecule has 1 unspecified atom stereocenters. The summed E-state index contributed by atoms with van der Waals surface area (Å²) >= 11 is 0. The van der Waals surface area contributed by atoms with Crippen LogP contribution in [0.2, 0.25) is 0 Å². The van der Waals surface area contributed by atoms with Gasteiger partial charge in [0.2, 0.25) is 0 Å². The van der Waals surface area contributed by atoms with Crippen LogP contribution in [0.3, 0.4) is 0 Å². The monoisotopic (exact) mass is 396 g/mol. The number of anilines is 1. The Morgan fingerprint density at radius 3 is 2.57 bits per heavy atom. The highest BCUT2D eigenvalue weighted by atomic mass is 16.5. The van der Waals surface area contributed by atoms with Gasteiger partial charge in [0.15, 0.2) is 6.10 Å². The van der Waals surface area contributed by atoms with Crippen molar-refractivity contribution in [3.8, 4) is 0 Å². The van der Waals surface area contributed by atoms with Gasteiger partial charge in [-0.1, -0.05) is 54.6 Å². The Balaban J connectivity index is 1.39. The molecule has 0 aliphatic rings. The molecule has 0 bridgehead atoms. The smallest absolute Gasteiger partial charge is 0.331 e. The summed E-state index contributed by atoms with van der Waals surface area (Å²) in [5.74, 6) is -0.983. The third kappa shape index (κ3) is 4.36. The molecule has 0 fully saturated rings. The van der Waals surface area contributed by atoms with E-state index in [1.165, 1.54) is 6.08 Å². The fourth-order valence-corrected chi connectivity index (χ4v) is 3.20. The summed E-state index contributed by atoms with van der Waals surface area (Å²) in [6.45, 7) is 1.54. The number of carbonyl (C=O) groups is 2. The largest absolute Gasteiger partial charge is 0.449 e. The molecular weight excluding hydrogens is 376 g/mol. The molecule has 1 atom stereocenters. The van der Waals surface area contributed by atoms with E-state index in [-0.39, 0.29) is 5.91 Å². The van der Waals surface area contributed by atoms with Gasteiger partial charge in [-0.05, 0) is 42.0 Å². The summed E-state index contributed by atoms with van der Waals surface area (Å²) in [5.41, 5.74) is 2.25. The lowest BCUT2D eigenvalue weighted by Crippen LogP contribution is -2.29. The van der Waals surface area contributed by atoms with Gasteiger partial charge < -0.3 is 10.1 Å². The summed E-state index contributed by atoms with van der Waals surface area (Å²) in [7, 11) is 0. The minimum absolute atomic E-state index is 0.390. The first-order valence-corrected chi connectivity index (χ1v) is 9.62. The van der Waals surface area contributed by atoms with Gasteiger partial charge in [0, 0.05) is 28.9 Å². The summed E-state index contributed by atoms with van der Waals surface area (Å²) in [4.78, 5) is 28.9. The highest BCUT2D eigenvalue weighted by Crippen LogP contribution is 2.19. The molecule has 0 saturated heterocycles. The number of ether oxygens (including phenoxy) is 1. The zero-order valence-corrected chi connectivity index (χ0v) is 16.4. The van der Waals surface area contributed by atoms with Crippen LogP contribution in [0.15, 0.2) is 85.1 Å². The predicted octanol–water partition coefficient (Wildman–Crippen LogP) is 4.97. The molecule has 148 valence electrons. The zero-order chi connectivity index (χ0) is 20.9. The number of hydrogen-bond donors (Lipinski definition) is 1. The van der Waals surface area contributed by atoms with Crippen molar-refractivity contribution in [2.75, 3.05) is 5.32 Å². The van der Waals surface area contributed by atoms with Crippen LogP contribution in [0.5, 0.6) is 0 Å². The molecule has 1 N–H and O–H groups in total. The Morgan fingerprint density at radius 1 is 0.933 bits per heavy atom. The second-order valence-electron chi connectivity index (χ2n) is 6.89. The molecule has 1 amide bonds. The van der Waals surface area contributed by atoms with Crippen molar-refractivity contribution in [1.82, 2.24) is 4.98 Å². The Bertz CT molecular complexity index is 1260. The molecule has 30 heavy (non-hydrogen) atoms. The van der Waals surface area contributed by atoms with E-state index in [2.05, 4.69) is 10.3 Å². The van der Waals surface area contributed by atoms with Crippen molar-refractivity contribution in [3.05, 3.63) is 90.6 Å². The van der Waals surface area contributed by atoms with E-state index in [1.54, 1.807) is 19.2 Å². The van der Waals surface area contributed by atoms with Crippen molar-refractivity contribution in [3.63, 3.8) is 0 Å². The van der Waals surface area contributed by atoms with Gasteiger partial charge in [-0.15, -0.1) is 0 Å². The number of esters is 1. The normalized spacial score (nSPS) is 12.2. The number of aromatic nitrogens is 1. The predicted molar refractivity (Wildman–Crippen MR) is 119 cm³/mol. The van der Waals surface area contributed by atoms with Crippen LogP contribution < -0.4 is 5.32 Å². The SMILES string of the molecule is CC(OC(=O)/C=C/c1cccc2cccnc12)C(=O)Nc1ccc2ccccc2c1. The molecule has 0 radical (unpaired) electrons. The third-order valence-electron chi connectivity index (χ3n) is 4.74. The molecule has 1 heterocycles. The van der Waals surface area contributed by atoms with Crippen LogP contribution >= 0.6 is 0 Å². The van der Waals surface area contributed by atoms with E-state index in [0.717, 1.165) is 27.2 Å². The second kappa shape index (κ2) is 8.57. The van der Waals surface area contributed by atoms with Gasteiger partial charge in [0.25, 0.3) is 5.91 Å². The molecule has 1 aromatic heterocycles. The summed E-state index contributed by atoms with van der Waals surface area (Å²) in [6.07, 6.45) is 3.73. The topological polar surface area (TPSA) is 68.3 Å². The van der Waals surface area contributed by atoms with Crippen LogP contribution in [0.1, 0.15) is 12.5 Å². The van der Waals surface area contributed by atoms with Crippen molar-refractivity contribution in [1.29, 1.82) is 0 Å². The van der Waals surface area contributed by atoms with E-state index in [9.17, 15) is 9.59 Å². The summed E-state index contributed by atoms with van der Waals surface area (Å²) in [6, 6.07) is 23.1. The Kier molecular flexibility index (Phi) is 5.52. The van der Waals surface area contributed by atoms with E-state index < -0.39 is 12.1 Å². The van der Waals surface area contributed by atoms with Gasteiger partial charge in [-0.2, -0.15) is 0 Å². The first-order chi connectivity index (χ1) is 14.6. The van der Waals surface area contributed by atoms with Crippen LogP contribution in [0, 0.1) is 0 Å². The quantitative estimate of drug-likeness (QED) is 0.382. The maximum Gasteiger partial charge on any atom is 0.331 e. The van der Waals surface area contributed by atoms with Crippen LogP contribution in [-0.4, -0.2) is 23.0 Å². The van der Waals surface area contributed by atoms with Gasteiger partial charge in [0.1, 0.15) is 0 Å². The van der Waals surface area contributed by atoms with Crippen molar-refractivity contribution in [2.45, 2.75) is 13.0 Å². The highest BCUT2D eigenvalue weighted by molar-refractivity contribution is 5.99. The van der Waals surface area contributed by atoms with E-state index in [4.69, 9.17) is 4.74 Å². The maximum atomic E-state index is 12.4. The first-order valence-electron chi connectivity index (χ1n) is 9.62. The van der Waals surface area contributed by atoms with Gasteiger partial charge in [-0.25, -0.2) is 4.79 Å². The average molecular weight is 396 g/mol. The Hall–Kier alpha value is -3.99. The van der Waals surface area contributed by atoms with Crippen molar-refractivity contribution >= 4 is 45.3 Å². The van der Waals surface area contributed by atoms with Crippen LogP contribution in [0.4, 0.5) is 5.69 Å². The number of hydrogen-bond acceptors (Lipinski definition) is 4. The molecule has 0 aliphatic carbocycles. The number of carbonyl (C=O) groups excluding carboxylic acids is 2. The minimum atomic E-state index is -0.931. The molecule has 3 aromatic carbocycles. The van der Waals surface area contributed by atoms with E-state index in [1.807, 2.05) is 72.8 Å². The zero-order valence-electron chi connectivity index (χ0n) is 16.4. The van der Waals surface area contributed by atoms with Crippen molar-refractivity contribution in [2.24, 2.45) is 0 Å². The fraction of sp³-hybridized carbons (Fsp3) is 0.0800. The Labute approximate surface area is 174 Å². The second-order valence-corrected chi connectivity index (χ2v) is 6.89. The number of para-hydroxylation sites is 1. The van der Waals surface area contributed by atoms with Crippen LogP contribution in [-0.2, 0) is 14.3 Å².